The average Bonchev–Trinajstić information content (AvgIpc) is 2.76. The first-order valence-corrected chi connectivity index (χ1v) is 16.3. The van der Waals surface area contributed by atoms with Crippen LogP contribution in [0.4, 0.5) is 0 Å². The molecule has 0 aliphatic carbocycles. The molecule has 2 unspecified atom stereocenters. The second-order valence-electron chi connectivity index (χ2n) is 10.7. The average molecular weight is 571 g/mol. The highest BCUT2D eigenvalue weighted by atomic mass is 32.3. The van der Waals surface area contributed by atoms with Gasteiger partial charge in [0.1, 0.15) is 0 Å². The van der Waals surface area contributed by atoms with Crippen molar-refractivity contribution in [2.45, 2.75) is 167 Å². The van der Waals surface area contributed by atoms with Crippen LogP contribution in [0.5, 0.6) is 0 Å². The van der Waals surface area contributed by atoms with Crippen LogP contribution in [0.1, 0.15) is 155 Å². The van der Waals surface area contributed by atoms with E-state index in [1.54, 1.807) is 0 Å². The molecule has 38 heavy (non-hydrogen) atoms. The second-order valence-corrected chi connectivity index (χ2v) is 11.6. The molecule has 0 radical (unpaired) electrons. The van der Waals surface area contributed by atoms with Gasteiger partial charge in [-0.3, -0.25) is 9.11 Å². The van der Waals surface area contributed by atoms with Crippen molar-refractivity contribution in [1.82, 2.24) is 12.3 Å². The van der Waals surface area contributed by atoms with E-state index in [2.05, 4.69) is 13.8 Å². The Kier molecular flexibility index (Phi) is 24.5. The lowest BCUT2D eigenvalue weighted by atomic mass is 9.95. The zero-order valence-corrected chi connectivity index (χ0v) is 25.5. The van der Waals surface area contributed by atoms with Crippen LogP contribution in [0.15, 0.2) is 0 Å². The molecule has 0 aromatic rings. The standard InChI is InChI=1S/C28H54O3.2H3N.H2O4S/c1-3-5-7-9-11-13-15-17-19-21-27(23-25-29-27)31-28(24-26-30-28)22-20-18-16-14-12-10-8-6-4-2;;;1-5(2,3)4/h3-26H2,1-2H3;2*1H3;(H2,1,2,3,4). The number of hydrogen-bond acceptors (Lipinski definition) is 7. The van der Waals surface area contributed by atoms with Crippen LogP contribution < -0.4 is 12.3 Å². The van der Waals surface area contributed by atoms with Gasteiger partial charge in [-0.1, -0.05) is 117 Å². The van der Waals surface area contributed by atoms with Crippen molar-refractivity contribution >= 4 is 10.4 Å². The Balaban J connectivity index is 0. The lowest BCUT2D eigenvalue weighted by Gasteiger charge is -2.51. The molecule has 2 aliphatic heterocycles. The molecular weight excluding hydrogens is 508 g/mol. The quantitative estimate of drug-likeness (QED) is 0.0732. The van der Waals surface area contributed by atoms with E-state index in [1.807, 2.05) is 0 Å². The van der Waals surface area contributed by atoms with Crippen LogP contribution in [-0.4, -0.2) is 42.3 Å². The summed E-state index contributed by atoms with van der Waals surface area (Å²) in [5, 5.41) is 0. The SMILES string of the molecule is CCCCCCCCCCCC1(OC2(CCCCCCCCCCC)CCO2)CCO1.N.N.O=S(=O)(O)O. The normalized spacial score (nSPS) is 22.2. The Morgan fingerprint density at radius 3 is 1.03 bits per heavy atom. The topological polar surface area (TPSA) is 172 Å². The number of hydrogen-bond donors (Lipinski definition) is 4. The minimum Gasteiger partial charge on any atom is -0.349 e. The molecule has 232 valence electrons. The van der Waals surface area contributed by atoms with Gasteiger partial charge in [0, 0.05) is 25.7 Å². The zero-order valence-electron chi connectivity index (χ0n) is 24.7. The Labute approximate surface area is 234 Å². The van der Waals surface area contributed by atoms with E-state index in [9.17, 15) is 0 Å². The molecule has 0 spiro atoms. The van der Waals surface area contributed by atoms with E-state index in [0.717, 1.165) is 38.9 Å². The Hall–Kier alpha value is -0.330. The molecule has 0 amide bonds. The van der Waals surface area contributed by atoms with Gasteiger partial charge in [-0.2, -0.15) is 8.42 Å². The number of ether oxygens (including phenoxy) is 3. The zero-order chi connectivity index (χ0) is 26.6. The first-order valence-electron chi connectivity index (χ1n) is 14.9. The fraction of sp³-hybridized carbons (Fsp3) is 1.00. The lowest BCUT2D eigenvalue weighted by molar-refractivity contribution is -0.432. The van der Waals surface area contributed by atoms with Gasteiger partial charge in [0.25, 0.3) is 0 Å². The Morgan fingerprint density at radius 2 is 0.816 bits per heavy atom. The molecule has 2 aliphatic rings. The van der Waals surface area contributed by atoms with Gasteiger partial charge in [0.2, 0.25) is 0 Å². The van der Waals surface area contributed by atoms with Gasteiger partial charge < -0.3 is 26.5 Å². The van der Waals surface area contributed by atoms with E-state index < -0.39 is 10.4 Å². The van der Waals surface area contributed by atoms with Crippen LogP contribution in [0.25, 0.3) is 0 Å². The van der Waals surface area contributed by atoms with E-state index in [-0.39, 0.29) is 23.9 Å². The first kappa shape index (κ1) is 39.8. The highest BCUT2D eigenvalue weighted by Gasteiger charge is 2.50. The molecule has 0 aromatic carbocycles. The van der Waals surface area contributed by atoms with Crippen molar-refractivity contribution in [3.63, 3.8) is 0 Å². The molecule has 10 heteroatoms. The van der Waals surface area contributed by atoms with E-state index in [1.165, 1.54) is 116 Å². The minimum atomic E-state index is -4.67. The molecule has 2 heterocycles. The van der Waals surface area contributed by atoms with Gasteiger partial charge in [-0.05, 0) is 12.8 Å². The summed E-state index contributed by atoms with van der Waals surface area (Å²) in [4.78, 5) is 0. The molecule has 0 aromatic heterocycles. The Bertz CT molecular complexity index is 581. The minimum absolute atomic E-state index is 0. The summed E-state index contributed by atoms with van der Waals surface area (Å²) in [5.74, 6) is -0.665. The van der Waals surface area contributed by atoms with Gasteiger partial charge in [0.15, 0.2) is 11.6 Å². The van der Waals surface area contributed by atoms with Crippen LogP contribution in [0.3, 0.4) is 0 Å². The molecular formula is C28H62N2O7S. The second kappa shape index (κ2) is 23.4. The summed E-state index contributed by atoms with van der Waals surface area (Å²) < 4.78 is 50.2. The first-order chi connectivity index (χ1) is 17.2. The van der Waals surface area contributed by atoms with Crippen molar-refractivity contribution < 1.29 is 31.7 Å². The van der Waals surface area contributed by atoms with Crippen LogP contribution in [-0.2, 0) is 24.6 Å². The van der Waals surface area contributed by atoms with Crippen molar-refractivity contribution in [1.29, 1.82) is 0 Å². The molecule has 9 nitrogen and oxygen atoms in total. The maximum atomic E-state index is 8.74. The van der Waals surface area contributed by atoms with Crippen molar-refractivity contribution in [3.8, 4) is 0 Å². The third kappa shape index (κ3) is 20.6. The summed E-state index contributed by atoms with van der Waals surface area (Å²) in [7, 11) is -4.67. The lowest BCUT2D eigenvalue weighted by Crippen LogP contribution is -2.57. The van der Waals surface area contributed by atoms with Gasteiger partial charge in [0.05, 0.1) is 13.2 Å². The van der Waals surface area contributed by atoms with Crippen LogP contribution in [0.2, 0.25) is 0 Å². The highest BCUT2D eigenvalue weighted by molar-refractivity contribution is 7.79. The maximum Gasteiger partial charge on any atom is 0.394 e. The Morgan fingerprint density at radius 1 is 0.579 bits per heavy atom. The van der Waals surface area contributed by atoms with Crippen molar-refractivity contribution in [2.24, 2.45) is 0 Å². The molecule has 0 bridgehead atoms. The van der Waals surface area contributed by atoms with E-state index in [0.29, 0.717) is 0 Å². The smallest absolute Gasteiger partial charge is 0.349 e. The van der Waals surface area contributed by atoms with E-state index >= 15 is 0 Å². The van der Waals surface area contributed by atoms with Crippen molar-refractivity contribution in [3.05, 3.63) is 0 Å². The molecule has 2 atom stereocenters. The molecule has 2 saturated heterocycles. The predicted octanol–water partition coefficient (Wildman–Crippen LogP) is 8.75. The summed E-state index contributed by atoms with van der Waals surface area (Å²) >= 11 is 0. The molecule has 8 N–H and O–H groups in total. The van der Waals surface area contributed by atoms with Crippen molar-refractivity contribution in [2.75, 3.05) is 13.2 Å². The van der Waals surface area contributed by atoms with E-state index in [4.69, 9.17) is 31.7 Å². The highest BCUT2D eigenvalue weighted by Crippen LogP contribution is 2.44. The summed E-state index contributed by atoms with van der Waals surface area (Å²) in [6, 6.07) is 0. The molecule has 0 saturated carbocycles. The van der Waals surface area contributed by atoms with Gasteiger partial charge in [-0.15, -0.1) is 0 Å². The molecule has 2 fully saturated rings. The fourth-order valence-corrected chi connectivity index (χ4v) is 5.07. The van der Waals surface area contributed by atoms with Gasteiger partial charge in [-0.25, -0.2) is 0 Å². The monoisotopic (exact) mass is 570 g/mol. The predicted molar refractivity (Wildman–Crippen MR) is 156 cm³/mol. The third-order valence-corrected chi connectivity index (χ3v) is 7.39. The summed E-state index contributed by atoms with van der Waals surface area (Å²) in [6.07, 6.45) is 28.8. The largest absolute Gasteiger partial charge is 0.394 e. The van der Waals surface area contributed by atoms with Crippen LogP contribution >= 0.6 is 0 Å². The van der Waals surface area contributed by atoms with Gasteiger partial charge >= 0.3 is 10.4 Å². The summed E-state index contributed by atoms with van der Waals surface area (Å²) in [5.41, 5.74) is 0. The molecule has 2 rings (SSSR count). The number of rotatable bonds is 22. The van der Waals surface area contributed by atoms with Crippen LogP contribution in [0, 0.1) is 0 Å². The third-order valence-electron chi connectivity index (χ3n) is 7.39. The fourth-order valence-electron chi connectivity index (χ4n) is 5.07. The number of unbranched alkanes of at least 4 members (excludes halogenated alkanes) is 16. The maximum absolute atomic E-state index is 8.74. The summed E-state index contributed by atoms with van der Waals surface area (Å²) in [6.45, 7) is 6.28.